The minimum atomic E-state index is 0.0469. The van der Waals surface area contributed by atoms with E-state index >= 15 is 0 Å². The Bertz CT molecular complexity index is 1090. The van der Waals surface area contributed by atoms with E-state index in [2.05, 4.69) is 88.4 Å². The maximum atomic E-state index is 13.6. The molecule has 1 aliphatic carbocycles. The minimum absolute atomic E-state index is 0.0469. The summed E-state index contributed by atoms with van der Waals surface area (Å²) in [5.41, 5.74) is 2.39. The topological polar surface area (TPSA) is 20.3 Å². The SMILES string of the molecule is C[C@H]1CC=C[C@@H]2[C@@H]1C(=O)N(Cc1ccccc1)[C@H]2c1ccc2ccccc2c1Br. The molecule has 3 aromatic carbocycles. The van der Waals surface area contributed by atoms with Gasteiger partial charge in [0.25, 0.3) is 0 Å². The summed E-state index contributed by atoms with van der Waals surface area (Å²) in [6, 6.07) is 23.2. The highest BCUT2D eigenvalue weighted by atomic mass is 79.9. The molecule has 1 heterocycles. The summed E-state index contributed by atoms with van der Waals surface area (Å²) < 4.78 is 1.11. The number of allylic oxidation sites excluding steroid dienone is 1. The standard InChI is InChI=1S/C26H24BrNO/c1-17-8-7-13-21-23(17)26(29)28(16-18-9-3-2-4-10-18)25(21)22-15-14-19-11-5-6-12-20(19)24(22)27/h2-7,9-15,17,21,23,25H,8,16H2,1H3/t17-,21+,23+,25+/m0/s1. The largest absolute Gasteiger partial charge is 0.330 e. The molecule has 29 heavy (non-hydrogen) atoms. The summed E-state index contributed by atoms with van der Waals surface area (Å²) in [6.07, 6.45) is 5.55. The third-order valence-corrected chi connectivity index (χ3v) is 7.46. The molecule has 3 aromatic rings. The van der Waals surface area contributed by atoms with Crippen LogP contribution in [0.25, 0.3) is 10.8 Å². The predicted molar refractivity (Wildman–Crippen MR) is 121 cm³/mol. The number of halogens is 1. The van der Waals surface area contributed by atoms with E-state index in [0.29, 0.717) is 18.4 Å². The van der Waals surface area contributed by atoms with Crippen LogP contribution >= 0.6 is 15.9 Å². The van der Waals surface area contributed by atoms with Gasteiger partial charge in [0.15, 0.2) is 0 Å². The summed E-state index contributed by atoms with van der Waals surface area (Å²) in [6.45, 7) is 2.87. The fraction of sp³-hybridized carbons (Fsp3) is 0.269. The molecule has 1 amide bonds. The monoisotopic (exact) mass is 445 g/mol. The summed E-state index contributed by atoms with van der Waals surface area (Å²) >= 11 is 3.89. The quantitative estimate of drug-likeness (QED) is 0.420. The highest BCUT2D eigenvalue weighted by Crippen LogP contribution is 2.51. The van der Waals surface area contributed by atoms with Crippen molar-refractivity contribution in [2.24, 2.45) is 17.8 Å². The van der Waals surface area contributed by atoms with Crippen molar-refractivity contribution in [3.8, 4) is 0 Å². The van der Waals surface area contributed by atoms with E-state index < -0.39 is 0 Å². The van der Waals surface area contributed by atoms with Crippen LogP contribution in [0.4, 0.5) is 0 Å². The zero-order chi connectivity index (χ0) is 20.0. The minimum Gasteiger partial charge on any atom is -0.330 e. The number of rotatable bonds is 3. The molecule has 0 spiro atoms. The highest BCUT2D eigenvalue weighted by molar-refractivity contribution is 9.10. The third kappa shape index (κ3) is 3.12. The summed E-state index contributed by atoms with van der Waals surface area (Å²) in [5, 5.41) is 2.42. The van der Waals surface area contributed by atoms with Crippen molar-refractivity contribution < 1.29 is 4.79 Å². The van der Waals surface area contributed by atoms with E-state index in [-0.39, 0.29) is 17.9 Å². The second-order valence-corrected chi connectivity index (χ2v) is 9.12. The lowest BCUT2D eigenvalue weighted by Crippen LogP contribution is -2.30. The Morgan fingerprint density at radius 2 is 1.76 bits per heavy atom. The van der Waals surface area contributed by atoms with Crippen molar-refractivity contribution in [1.82, 2.24) is 4.90 Å². The summed E-state index contributed by atoms with van der Waals surface area (Å²) in [4.78, 5) is 15.7. The number of amides is 1. The molecule has 0 bridgehead atoms. The maximum Gasteiger partial charge on any atom is 0.227 e. The molecule has 5 rings (SSSR count). The molecular formula is C26H24BrNO. The first kappa shape index (κ1) is 18.6. The number of hydrogen-bond acceptors (Lipinski definition) is 1. The molecule has 0 saturated carbocycles. The molecule has 2 nitrogen and oxygen atoms in total. The van der Waals surface area contributed by atoms with Crippen LogP contribution < -0.4 is 0 Å². The first-order chi connectivity index (χ1) is 14.1. The fourth-order valence-electron chi connectivity index (χ4n) is 5.15. The highest BCUT2D eigenvalue weighted by Gasteiger charge is 2.50. The number of carbonyl (C=O) groups excluding carboxylic acids is 1. The molecule has 0 aromatic heterocycles. The van der Waals surface area contributed by atoms with Gasteiger partial charge < -0.3 is 4.90 Å². The number of hydrogen-bond donors (Lipinski definition) is 0. The van der Waals surface area contributed by atoms with Gasteiger partial charge in [0.1, 0.15) is 0 Å². The lowest BCUT2D eigenvalue weighted by molar-refractivity contribution is -0.134. The predicted octanol–water partition coefficient (Wildman–Crippen LogP) is 6.51. The lowest BCUT2D eigenvalue weighted by Gasteiger charge is -2.30. The van der Waals surface area contributed by atoms with Gasteiger partial charge >= 0.3 is 0 Å². The molecule has 1 aliphatic heterocycles. The Morgan fingerprint density at radius 3 is 2.59 bits per heavy atom. The van der Waals surface area contributed by atoms with E-state index in [0.717, 1.165) is 10.9 Å². The third-order valence-electron chi connectivity index (χ3n) is 6.57. The van der Waals surface area contributed by atoms with Crippen molar-refractivity contribution in [2.75, 3.05) is 0 Å². The van der Waals surface area contributed by atoms with Crippen LogP contribution in [-0.2, 0) is 11.3 Å². The first-order valence-electron chi connectivity index (χ1n) is 10.3. The molecule has 4 atom stereocenters. The van der Waals surface area contributed by atoms with Crippen LogP contribution in [-0.4, -0.2) is 10.8 Å². The van der Waals surface area contributed by atoms with Crippen LogP contribution in [0.3, 0.4) is 0 Å². The van der Waals surface area contributed by atoms with Crippen LogP contribution in [0.1, 0.15) is 30.5 Å². The molecule has 146 valence electrons. The van der Waals surface area contributed by atoms with Crippen molar-refractivity contribution in [1.29, 1.82) is 0 Å². The van der Waals surface area contributed by atoms with E-state index in [1.165, 1.54) is 21.9 Å². The van der Waals surface area contributed by atoms with Gasteiger partial charge in [-0.2, -0.15) is 0 Å². The van der Waals surface area contributed by atoms with Gasteiger partial charge in [-0.25, -0.2) is 0 Å². The summed E-state index contributed by atoms with van der Waals surface area (Å²) in [7, 11) is 0. The zero-order valence-electron chi connectivity index (χ0n) is 16.5. The Morgan fingerprint density at radius 1 is 1.00 bits per heavy atom. The first-order valence-corrected chi connectivity index (χ1v) is 11.1. The normalized spacial score (nSPS) is 26.1. The van der Waals surface area contributed by atoms with Gasteiger partial charge in [0, 0.05) is 22.9 Å². The van der Waals surface area contributed by atoms with E-state index in [1.54, 1.807) is 0 Å². The van der Waals surface area contributed by atoms with Crippen LogP contribution in [0.2, 0.25) is 0 Å². The molecular weight excluding hydrogens is 422 g/mol. The van der Waals surface area contributed by atoms with Crippen molar-refractivity contribution in [3.63, 3.8) is 0 Å². The molecule has 0 N–H and O–H groups in total. The van der Waals surface area contributed by atoms with Gasteiger partial charge in [0.2, 0.25) is 5.91 Å². The Hall–Kier alpha value is -2.39. The Labute approximate surface area is 180 Å². The molecule has 1 fully saturated rings. The molecule has 2 aliphatic rings. The number of carbonyl (C=O) groups is 1. The maximum absolute atomic E-state index is 13.6. The zero-order valence-corrected chi connectivity index (χ0v) is 18.0. The average molecular weight is 446 g/mol. The molecule has 3 heteroatoms. The molecule has 0 radical (unpaired) electrons. The number of fused-ring (bicyclic) bond motifs is 2. The lowest BCUT2D eigenvalue weighted by atomic mass is 9.75. The number of nitrogens with zero attached hydrogens (tertiary/aromatic N) is 1. The van der Waals surface area contributed by atoms with Gasteiger partial charge in [-0.3, -0.25) is 4.79 Å². The van der Waals surface area contributed by atoms with Gasteiger partial charge in [-0.15, -0.1) is 0 Å². The van der Waals surface area contributed by atoms with Crippen molar-refractivity contribution >= 4 is 32.6 Å². The van der Waals surface area contributed by atoms with E-state index in [9.17, 15) is 4.79 Å². The van der Waals surface area contributed by atoms with Crippen LogP contribution in [0.15, 0.2) is 83.4 Å². The van der Waals surface area contributed by atoms with Crippen LogP contribution in [0, 0.1) is 17.8 Å². The van der Waals surface area contributed by atoms with Gasteiger partial charge in [-0.1, -0.05) is 85.8 Å². The van der Waals surface area contributed by atoms with E-state index in [1.807, 2.05) is 18.2 Å². The fourth-order valence-corrected chi connectivity index (χ4v) is 5.88. The van der Waals surface area contributed by atoms with Crippen LogP contribution in [0.5, 0.6) is 0 Å². The second-order valence-electron chi connectivity index (χ2n) is 8.33. The van der Waals surface area contributed by atoms with E-state index in [4.69, 9.17) is 0 Å². The molecule has 1 saturated heterocycles. The van der Waals surface area contributed by atoms with Crippen molar-refractivity contribution in [2.45, 2.75) is 25.9 Å². The average Bonchev–Trinajstić information content (AvgIpc) is 3.02. The molecule has 0 unspecified atom stereocenters. The number of benzene rings is 3. The Kier molecular flexibility index (Phi) is 4.79. The summed E-state index contributed by atoms with van der Waals surface area (Å²) in [5.74, 6) is 0.945. The van der Waals surface area contributed by atoms with Gasteiger partial charge in [0.05, 0.1) is 6.04 Å². The number of likely N-dealkylation sites (tertiary alicyclic amines) is 1. The smallest absolute Gasteiger partial charge is 0.227 e. The van der Waals surface area contributed by atoms with Gasteiger partial charge in [-0.05, 0) is 50.2 Å². The second kappa shape index (κ2) is 7.46. The van der Waals surface area contributed by atoms with Crippen molar-refractivity contribution in [3.05, 3.63) is 94.5 Å². The Balaban J connectivity index is 1.64.